The fourth-order valence-corrected chi connectivity index (χ4v) is 2.73. The summed E-state index contributed by atoms with van der Waals surface area (Å²) in [5.41, 5.74) is 1.62. The SMILES string of the molecule is CCOc1ccc(C(=O)NC(C)c2cccc3ccccc23)cn1. The van der Waals surface area contributed by atoms with Crippen molar-refractivity contribution in [3.63, 3.8) is 0 Å². The molecule has 0 radical (unpaired) electrons. The van der Waals surface area contributed by atoms with Crippen LogP contribution in [0.1, 0.15) is 35.8 Å². The van der Waals surface area contributed by atoms with Crippen molar-refractivity contribution in [3.8, 4) is 5.88 Å². The highest BCUT2D eigenvalue weighted by atomic mass is 16.5. The predicted octanol–water partition coefficient (Wildman–Crippen LogP) is 4.12. The molecule has 0 aliphatic heterocycles. The summed E-state index contributed by atoms with van der Waals surface area (Å²) < 4.78 is 5.30. The molecule has 0 saturated heterocycles. The van der Waals surface area contributed by atoms with E-state index in [1.807, 2.05) is 38.1 Å². The Bertz CT molecular complexity index is 838. The lowest BCUT2D eigenvalue weighted by molar-refractivity contribution is 0.0939. The number of aromatic nitrogens is 1. The summed E-state index contributed by atoms with van der Waals surface area (Å²) in [4.78, 5) is 16.6. The third-order valence-electron chi connectivity index (χ3n) is 3.93. The first-order valence-corrected chi connectivity index (χ1v) is 8.06. The lowest BCUT2D eigenvalue weighted by atomic mass is 9.99. The van der Waals surface area contributed by atoms with Crippen molar-refractivity contribution < 1.29 is 9.53 Å². The highest BCUT2D eigenvalue weighted by Gasteiger charge is 2.14. The van der Waals surface area contributed by atoms with Gasteiger partial charge in [-0.1, -0.05) is 42.5 Å². The molecule has 4 nitrogen and oxygen atoms in total. The van der Waals surface area contributed by atoms with Gasteiger partial charge in [-0.15, -0.1) is 0 Å². The molecule has 1 heterocycles. The van der Waals surface area contributed by atoms with Gasteiger partial charge in [0.05, 0.1) is 18.2 Å². The summed E-state index contributed by atoms with van der Waals surface area (Å²) in [5, 5.41) is 5.35. The Labute approximate surface area is 141 Å². The number of carbonyl (C=O) groups is 1. The highest BCUT2D eigenvalue weighted by molar-refractivity contribution is 5.94. The molecule has 0 fully saturated rings. The average molecular weight is 320 g/mol. The summed E-state index contributed by atoms with van der Waals surface area (Å²) >= 11 is 0. The van der Waals surface area contributed by atoms with Crippen LogP contribution in [0.25, 0.3) is 10.8 Å². The van der Waals surface area contributed by atoms with E-state index in [0.29, 0.717) is 18.1 Å². The molecule has 1 N–H and O–H groups in total. The molecule has 0 aliphatic rings. The Morgan fingerprint density at radius 2 is 1.92 bits per heavy atom. The number of hydrogen-bond donors (Lipinski definition) is 1. The van der Waals surface area contributed by atoms with Crippen molar-refractivity contribution in [1.29, 1.82) is 0 Å². The lowest BCUT2D eigenvalue weighted by Crippen LogP contribution is -2.26. The summed E-state index contributed by atoms with van der Waals surface area (Å²) in [6.45, 7) is 4.44. The van der Waals surface area contributed by atoms with Crippen LogP contribution in [0.3, 0.4) is 0 Å². The summed E-state index contributed by atoms with van der Waals surface area (Å²) in [6.07, 6.45) is 1.54. The number of rotatable bonds is 5. The van der Waals surface area contributed by atoms with Crippen LogP contribution in [-0.2, 0) is 0 Å². The Kier molecular flexibility index (Phi) is 4.75. The monoisotopic (exact) mass is 320 g/mol. The third kappa shape index (κ3) is 3.38. The van der Waals surface area contributed by atoms with Crippen molar-refractivity contribution in [1.82, 2.24) is 10.3 Å². The molecule has 0 bridgehead atoms. The van der Waals surface area contributed by atoms with Gasteiger partial charge in [-0.05, 0) is 36.2 Å². The number of benzene rings is 2. The quantitative estimate of drug-likeness (QED) is 0.769. The smallest absolute Gasteiger partial charge is 0.253 e. The number of amides is 1. The van der Waals surface area contributed by atoms with Crippen molar-refractivity contribution in [2.75, 3.05) is 6.61 Å². The third-order valence-corrected chi connectivity index (χ3v) is 3.93. The second kappa shape index (κ2) is 7.13. The fourth-order valence-electron chi connectivity index (χ4n) is 2.73. The largest absolute Gasteiger partial charge is 0.478 e. The molecule has 1 unspecified atom stereocenters. The van der Waals surface area contributed by atoms with Gasteiger partial charge in [0.2, 0.25) is 5.88 Å². The second-order valence-electron chi connectivity index (χ2n) is 5.58. The van der Waals surface area contributed by atoms with Gasteiger partial charge in [0.15, 0.2) is 0 Å². The standard InChI is InChI=1S/C20H20N2O2/c1-3-24-19-12-11-16(13-21-19)20(23)22-14(2)17-10-6-8-15-7-4-5-9-18(15)17/h4-14H,3H2,1-2H3,(H,22,23). The van der Waals surface area contributed by atoms with E-state index in [4.69, 9.17) is 4.74 Å². The van der Waals surface area contributed by atoms with Gasteiger partial charge >= 0.3 is 0 Å². The first kappa shape index (κ1) is 16.0. The van der Waals surface area contributed by atoms with E-state index < -0.39 is 0 Å². The van der Waals surface area contributed by atoms with Crippen LogP contribution in [0.5, 0.6) is 5.88 Å². The Morgan fingerprint density at radius 1 is 1.12 bits per heavy atom. The number of pyridine rings is 1. The van der Waals surface area contributed by atoms with E-state index in [0.717, 1.165) is 10.9 Å². The zero-order valence-electron chi connectivity index (χ0n) is 13.8. The molecule has 122 valence electrons. The number of nitrogens with one attached hydrogen (secondary N) is 1. The molecule has 3 aromatic rings. The van der Waals surface area contributed by atoms with Gasteiger partial charge in [0.1, 0.15) is 0 Å². The average Bonchev–Trinajstić information content (AvgIpc) is 2.62. The number of ether oxygens (including phenoxy) is 1. The summed E-state index contributed by atoms with van der Waals surface area (Å²) in [6, 6.07) is 17.6. The number of carbonyl (C=O) groups excluding carboxylic acids is 1. The van der Waals surface area contributed by atoms with E-state index in [1.54, 1.807) is 12.1 Å². The minimum atomic E-state index is -0.147. The van der Waals surface area contributed by atoms with E-state index in [-0.39, 0.29) is 11.9 Å². The molecule has 0 spiro atoms. The van der Waals surface area contributed by atoms with Gasteiger partial charge < -0.3 is 10.1 Å². The summed E-state index contributed by atoms with van der Waals surface area (Å²) in [5.74, 6) is 0.377. The molecule has 0 aliphatic carbocycles. The molecule has 24 heavy (non-hydrogen) atoms. The van der Waals surface area contributed by atoms with Crippen LogP contribution in [-0.4, -0.2) is 17.5 Å². The van der Waals surface area contributed by atoms with Crippen LogP contribution < -0.4 is 10.1 Å². The van der Waals surface area contributed by atoms with Crippen molar-refractivity contribution in [3.05, 3.63) is 71.9 Å². The van der Waals surface area contributed by atoms with Crippen molar-refractivity contribution in [2.45, 2.75) is 19.9 Å². The van der Waals surface area contributed by atoms with E-state index in [9.17, 15) is 4.79 Å². The highest BCUT2D eigenvalue weighted by Crippen LogP contribution is 2.24. The lowest BCUT2D eigenvalue weighted by Gasteiger charge is -2.16. The van der Waals surface area contributed by atoms with Gasteiger partial charge in [-0.3, -0.25) is 4.79 Å². The number of fused-ring (bicyclic) bond motifs is 1. The van der Waals surface area contributed by atoms with E-state index in [2.05, 4.69) is 28.5 Å². The molecular formula is C20H20N2O2. The zero-order chi connectivity index (χ0) is 16.9. The maximum absolute atomic E-state index is 12.4. The van der Waals surface area contributed by atoms with Crippen molar-refractivity contribution in [2.24, 2.45) is 0 Å². The Balaban J connectivity index is 1.78. The maximum Gasteiger partial charge on any atom is 0.253 e. The maximum atomic E-state index is 12.4. The van der Waals surface area contributed by atoms with Gasteiger partial charge in [-0.2, -0.15) is 0 Å². The molecule has 2 aromatic carbocycles. The topological polar surface area (TPSA) is 51.2 Å². The molecule has 1 aromatic heterocycles. The fraction of sp³-hybridized carbons (Fsp3) is 0.200. The molecular weight excluding hydrogens is 300 g/mol. The Morgan fingerprint density at radius 3 is 2.67 bits per heavy atom. The zero-order valence-corrected chi connectivity index (χ0v) is 13.8. The molecule has 0 saturated carbocycles. The van der Waals surface area contributed by atoms with Crippen LogP contribution in [0.2, 0.25) is 0 Å². The minimum absolute atomic E-state index is 0.102. The molecule has 4 heteroatoms. The van der Waals surface area contributed by atoms with Gasteiger partial charge in [0, 0.05) is 12.3 Å². The molecule has 3 rings (SSSR count). The van der Waals surface area contributed by atoms with Crippen LogP contribution in [0.4, 0.5) is 0 Å². The van der Waals surface area contributed by atoms with E-state index >= 15 is 0 Å². The van der Waals surface area contributed by atoms with E-state index in [1.165, 1.54) is 11.6 Å². The Hall–Kier alpha value is -2.88. The molecule has 1 atom stereocenters. The first-order chi connectivity index (χ1) is 11.7. The number of nitrogens with zero attached hydrogens (tertiary/aromatic N) is 1. The van der Waals surface area contributed by atoms with Crippen LogP contribution >= 0.6 is 0 Å². The second-order valence-corrected chi connectivity index (χ2v) is 5.58. The minimum Gasteiger partial charge on any atom is -0.478 e. The number of hydrogen-bond acceptors (Lipinski definition) is 3. The van der Waals surface area contributed by atoms with Gasteiger partial charge in [-0.25, -0.2) is 4.98 Å². The normalized spacial score (nSPS) is 11.9. The van der Waals surface area contributed by atoms with Crippen LogP contribution in [0, 0.1) is 0 Å². The van der Waals surface area contributed by atoms with Crippen molar-refractivity contribution >= 4 is 16.7 Å². The van der Waals surface area contributed by atoms with Crippen LogP contribution in [0.15, 0.2) is 60.8 Å². The first-order valence-electron chi connectivity index (χ1n) is 8.06. The summed E-state index contributed by atoms with van der Waals surface area (Å²) in [7, 11) is 0. The molecule has 1 amide bonds. The predicted molar refractivity (Wildman–Crippen MR) is 95.2 cm³/mol. The van der Waals surface area contributed by atoms with Gasteiger partial charge in [0.25, 0.3) is 5.91 Å².